The van der Waals surface area contributed by atoms with Crippen molar-refractivity contribution in [2.75, 3.05) is 6.54 Å². The van der Waals surface area contributed by atoms with E-state index in [9.17, 15) is 9.18 Å². The van der Waals surface area contributed by atoms with Crippen molar-refractivity contribution >= 4 is 11.0 Å². The first-order valence-corrected chi connectivity index (χ1v) is 9.20. The second kappa shape index (κ2) is 7.12. The minimum Gasteiger partial charge on any atom is -0.487 e. The van der Waals surface area contributed by atoms with Crippen LogP contribution in [-0.4, -0.2) is 33.6 Å². The lowest BCUT2D eigenvalue weighted by Gasteiger charge is -2.45. The number of fused-ring (bicyclic) bond motifs is 1. The second-order valence-corrected chi connectivity index (χ2v) is 7.03. The lowest BCUT2D eigenvalue weighted by Crippen LogP contribution is -2.60. The first-order chi connectivity index (χ1) is 13.0. The van der Waals surface area contributed by atoms with Gasteiger partial charge in [-0.15, -0.1) is 0 Å². The second-order valence-electron chi connectivity index (χ2n) is 7.03. The zero-order valence-electron chi connectivity index (χ0n) is 15.4. The summed E-state index contributed by atoms with van der Waals surface area (Å²) in [7, 11) is 0. The Bertz CT molecular complexity index is 1020. The number of hydrogen-bond donors (Lipinski definition) is 1. The van der Waals surface area contributed by atoms with Gasteiger partial charge in [0, 0.05) is 30.9 Å². The van der Waals surface area contributed by atoms with Gasteiger partial charge in [0.1, 0.15) is 17.7 Å². The molecule has 0 spiro atoms. The number of hydrogen-bond acceptors (Lipinski definition) is 4. The molecule has 27 heavy (non-hydrogen) atoms. The molecule has 1 N–H and O–H groups in total. The van der Waals surface area contributed by atoms with E-state index in [0.717, 1.165) is 35.2 Å². The van der Waals surface area contributed by atoms with E-state index in [-0.39, 0.29) is 23.5 Å². The number of aryl methyl sites for hydroxylation is 1. The average molecular weight is 367 g/mol. The van der Waals surface area contributed by atoms with Gasteiger partial charge in [-0.2, -0.15) is 0 Å². The number of pyridine rings is 2. The lowest BCUT2D eigenvalue weighted by molar-refractivity contribution is -0.0413. The number of ether oxygens (including phenoxy) is 1. The molecule has 2 atom stereocenters. The fourth-order valence-corrected chi connectivity index (χ4v) is 3.43. The first kappa shape index (κ1) is 17.7. The Morgan fingerprint density at radius 2 is 2.07 bits per heavy atom. The summed E-state index contributed by atoms with van der Waals surface area (Å²) < 4.78 is 18.9. The van der Waals surface area contributed by atoms with Gasteiger partial charge in [-0.25, -0.2) is 4.39 Å². The van der Waals surface area contributed by atoms with Gasteiger partial charge in [0.05, 0.1) is 11.0 Å². The molecule has 3 aromatic rings. The van der Waals surface area contributed by atoms with E-state index in [0.29, 0.717) is 12.2 Å². The van der Waals surface area contributed by atoms with E-state index < -0.39 is 0 Å². The van der Waals surface area contributed by atoms with Gasteiger partial charge in [0.2, 0.25) is 0 Å². The number of benzene rings is 1. The van der Waals surface area contributed by atoms with Crippen molar-refractivity contribution in [2.45, 2.75) is 39.0 Å². The Balaban J connectivity index is 1.42. The van der Waals surface area contributed by atoms with Crippen molar-refractivity contribution in [3.05, 3.63) is 69.9 Å². The van der Waals surface area contributed by atoms with Crippen LogP contribution in [0, 0.1) is 5.82 Å². The molecule has 1 fully saturated rings. The molecule has 6 heteroatoms. The van der Waals surface area contributed by atoms with Crippen molar-refractivity contribution in [1.29, 1.82) is 0 Å². The Hall–Kier alpha value is -2.73. The maximum absolute atomic E-state index is 13.0. The Kier molecular flexibility index (Phi) is 4.66. The van der Waals surface area contributed by atoms with Gasteiger partial charge in [0.25, 0.3) is 5.56 Å². The molecule has 4 rings (SSSR count). The molecule has 3 heterocycles. The van der Waals surface area contributed by atoms with Crippen LogP contribution in [0.2, 0.25) is 0 Å². The van der Waals surface area contributed by atoms with Crippen molar-refractivity contribution in [3.63, 3.8) is 0 Å². The molecule has 0 saturated carbocycles. The van der Waals surface area contributed by atoms with Crippen LogP contribution in [0.5, 0.6) is 5.75 Å². The Morgan fingerprint density at radius 3 is 2.78 bits per heavy atom. The van der Waals surface area contributed by atoms with Crippen LogP contribution in [0.15, 0.2) is 47.4 Å². The van der Waals surface area contributed by atoms with Gasteiger partial charge < -0.3 is 9.72 Å². The number of H-pyrrole nitrogens is 1. The number of nitrogens with zero attached hydrogens (tertiary/aromatic N) is 2. The van der Waals surface area contributed by atoms with Crippen molar-refractivity contribution in [2.24, 2.45) is 0 Å². The monoisotopic (exact) mass is 367 g/mol. The van der Waals surface area contributed by atoms with Gasteiger partial charge >= 0.3 is 0 Å². The van der Waals surface area contributed by atoms with Crippen molar-refractivity contribution in [3.8, 4) is 5.75 Å². The third-order valence-corrected chi connectivity index (χ3v) is 5.22. The van der Waals surface area contributed by atoms with Crippen LogP contribution in [-0.2, 0) is 13.0 Å². The third kappa shape index (κ3) is 3.57. The molecule has 0 aliphatic carbocycles. The van der Waals surface area contributed by atoms with Crippen molar-refractivity contribution in [1.82, 2.24) is 14.9 Å². The first-order valence-electron chi connectivity index (χ1n) is 9.20. The highest BCUT2D eigenvalue weighted by Crippen LogP contribution is 2.26. The molecular formula is C21H22FN3O2. The fraction of sp³-hybridized carbons (Fsp3) is 0.333. The third-order valence-electron chi connectivity index (χ3n) is 5.22. The highest BCUT2D eigenvalue weighted by atomic mass is 19.1. The zero-order valence-corrected chi connectivity index (χ0v) is 15.4. The maximum atomic E-state index is 13.0. The summed E-state index contributed by atoms with van der Waals surface area (Å²) in [5.74, 6) is 0.420. The Labute approximate surface area is 156 Å². The van der Waals surface area contributed by atoms with Crippen LogP contribution >= 0.6 is 0 Å². The molecule has 2 aromatic heterocycles. The largest absolute Gasteiger partial charge is 0.487 e. The molecule has 0 bridgehead atoms. The van der Waals surface area contributed by atoms with Gasteiger partial charge in [-0.05, 0) is 55.3 Å². The molecule has 1 aliphatic heterocycles. The molecule has 140 valence electrons. The van der Waals surface area contributed by atoms with Crippen LogP contribution in [0.1, 0.15) is 25.0 Å². The average Bonchev–Trinajstić information content (AvgIpc) is 2.67. The molecule has 0 amide bonds. The molecule has 1 aromatic carbocycles. The minimum atomic E-state index is -0.265. The maximum Gasteiger partial charge on any atom is 0.251 e. The fourth-order valence-electron chi connectivity index (χ4n) is 3.43. The summed E-state index contributed by atoms with van der Waals surface area (Å²) in [5.41, 5.74) is 3.33. The SMILES string of the molecule is CCc1cc2ncc(CN3C[C@H](Oc4ccc(F)cc4)[C@H]3C)cc2[nH]c1=O. The normalized spacial score (nSPS) is 19.8. The van der Waals surface area contributed by atoms with Crippen LogP contribution in [0.3, 0.4) is 0 Å². The molecular weight excluding hydrogens is 345 g/mol. The smallest absolute Gasteiger partial charge is 0.251 e. The van der Waals surface area contributed by atoms with Crippen LogP contribution in [0.25, 0.3) is 11.0 Å². The molecule has 1 saturated heterocycles. The predicted octanol–water partition coefficient (Wildman–Crippen LogP) is 3.28. The number of nitrogens with one attached hydrogen (secondary N) is 1. The Morgan fingerprint density at radius 1 is 1.30 bits per heavy atom. The lowest BCUT2D eigenvalue weighted by atomic mass is 10.00. The minimum absolute atomic E-state index is 0.0472. The molecule has 0 radical (unpaired) electrons. The summed E-state index contributed by atoms with van der Waals surface area (Å²) in [6.45, 7) is 5.61. The summed E-state index contributed by atoms with van der Waals surface area (Å²) in [4.78, 5) is 21.7. The van der Waals surface area contributed by atoms with Crippen LogP contribution < -0.4 is 10.3 Å². The number of rotatable bonds is 5. The predicted molar refractivity (Wildman–Crippen MR) is 102 cm³/mol. The quantitative estimate of drug-likeness (QED) is 0.752. The van der Waals surface area contributed by atoms with Gasteiger partial charge in [-0.3, -0.25) is 14.7 Å². The zero-order chi connectivity index (χ0) is 19.0. The summed E-state index contributed by atoms with van der Waals surface area (Å²) in [6, 6.07) is 10.2. The highest BCUT2D eigenvalue weighted by molar-refractivity contribution is 5.74. The van der Waals surface area contributed by atoms with Crippen molar-refractivity contribution < 1.29 is 9.13 Å². The summed E-state index contributed by atoms with van der Waals surface area (Å²) in [6.07, 6.45) is 2.63. The number of aromatic nitrogens is 2. The van der Waals surface area contributed by atoms with E-state index in [4.69, 9.17) is 4.74 Å². The van der Waals surface area contributed by atoms with E-state index in [2.05, 4.69) is 21.8 Å². The van der Waals surface area contributed by atoms with E-state index >= 15 is 0 Å². The van der Waals surface area contributed by atoms with Gasteiger partial charge in [0.15, 0.2) is 0 Å². The summed E-state index contributed by atoms with van der Waals surface area (Å²) >= 11 is 0. The van der Waals surface area contributed by atoms with E-state index in [1.54, 1.807) is 12.1 Å². The van der Waals surface area contributed by atoms with Gasteiger partial charge in [-0.1, -0.05) is 6.92 Å². The van der Waals surface area contributed by atoms with Crippen LogP contribution in [0.4, 0.5) is 4.39 Å². The standard InChI is InChI=1S/C21H22FN3O2/c1-3-15-9-18-19(24-21(15)26)8-14(10-23-18)11-25-12-20(13(25)2)27-17-6-4-16(22)5-7-17/h4-10,13,20H,3,11-12H2,1-2H3,(H,24,26)/t13-,20+/m1/s1. The molecule has 0 unspecified atom stereocenters. The number of likely N-dealkylation sites (tertiary alicyclic amines) is 1. The van der Waals surface area contributed by atoms with E-state index in [1.165, 1.54) is 12.1 Å². The number of halogens is 1. The molecule has 5 nitrogen and oxygen atoms in total. The van der Waals surface area contributed by atoms with E-state index in [1.807, 2.05) is 25.3 Å². The topological polar surface area (TPSA) is 58.2 Å². The molecule has 1 aliphatic rings. The summed E-state index contributed by atoms with van der Waals surface area (Å²) in [5, 5.41) is 0. The highest BCUT2D eigenvalue weighted by Gasteiger charge is 2.37. The number of aromatic amines is 1.